The highest BCUT2D eigenvalue weighted by Crippen LogP contribution is 2.38. The molecule has 1 saturated carbocycles. The van der Waals surface area contributed by atoms with Gasteiger partial charge in [0.25, 0.3) is 5.91 Å². The Balaban J connectivity index is 1.85. The summed E-state index contributed by atoms with van der Waals surface area (Å²) in [5.74, 6) is 1.26. The molecule has 3 rings (SSSR count). The largest absolute Gasteiger partial charge is 0.339 e. The fraction of sp³-hybridized carbons (Fsp3) is 0.500. The van der Waals surface area contributed by atoms with Crippen LogP contribution in [0.2, 0.25) is 0 Å². The molecule has 5 heteroatoms. The molecule has 0 spiro atoms. The minimum absolute atomic E-state index is 0.00653. The number of nitrogens with one attached hydrogen (secondary N) is 1. The lowest BCUT2D eigenvalue weighted by atomic mass is 9.98. The van der Waals surface area contributed by atoms with Crippen LogP contribution in [0.1, 0.15) is 24.4 Å². The number of thioether (sulfide) groups is 1. The molecule has 112 valence electrons. The van der Waals surface area contributed by atoms with Crippen LogP contribution < -0.4 is 5.32 Å². The van der Waals surface area contributed by atoms with E-state index in [2.05, 4.69) is 5.32 Å². The summed E-state index contributed by atoms with van der Waals surface area (Å²) in [4.78, 5) is 27.1. The third kappa shape index (κ3) is 2.93. The Morgan fingerprint density at radius 2 is 1.95 bits per heavy atom. The minimum Gasteiger partial charge on any atom is -0.339 e. The number of nitrogens with zero attached hydrogens (tertiary/aromatic N) is 1. The molecule has 2 fully saturated rings. The first-order valence-electron chi connectivity index (χ1n) is 7.37. The van der Waals surface area contributed by atoms with Crippen molar-refractivity contribution in [3.8, 4) is 0 Å². The van der Waals surface area contributed by atoms with E-state index in [1.807, 2.05) is 41.5 Å². The fourth-order valence-corrected chi connectivity index (χ4v) is 3.30. The zero-order chi connectivity index (χ0) is 14.8. The van der Waals surface area contributed by atoms with Crippen molar-refractivity contribution in [2.24, 2.45) is 5.92 Å². The predicted octanol–water partition coefficient (Wildman–Crippen LogP) is 1.83. The van der Waals surface area contributed by atoms with Crippen LogP contribution in [0.25, 0.3) is 0 Å². The van der Waals surface area contributed by atoms with E-state index in [1.54, 1.807) is 11.8 Å². The Hall–Kier alpha value is -1.49. The number of amides is 2. The first kappa shape index (κ1) is 14.4. The van der Waals surface area contributed by atoms with Crippen molar-refractivity contribution in [1.82, 2.24) is 10.2 Å². The van der Waals surface area contributed by atoms with Gasteiger partial charge in [-0.15, -0.1) is 0 Å². The van der Waals surface area contributed by atoms with Crippen LogP contribution in [0.5, 0.6) is 0 Å². The number of piperazine rings is 1. The van der Waals surface area contributed by atoms with E-state index in [-0.39, 0.29) is 17.9 Å². The standard InChI is InChI=1S/C16H20N2O2S/c1-21-10-9-18-14(12-7-8-12)15(19)17-13(16(18)20)11-5-3-2-4-6-11/h2-6,12-14H,7-10H2,1H3,(H,17,19). The van der Waals surface area contributed by atoms with Crippen LogP contribution in [-0.2, 0) is 9.59 Å². The van der Waals surface area contributed by atoms with Crippen molar-refractivity contribution < 1.29 is 9.59 Å². The summed E-state index contributed by atoms with van der Waals surface area (Å²) in [6, 6.07) is 8.71. The molecule has 1 saturated heterocycles. The molecule has 4 nitrogen and oxygen atoms in total. The predicted molar refractivity (Wildman–Crippen MR) is 83.9 cm³/mol. The van der Waals surface area contributed by atoms with Gasteiger partial charge in [-0.2, -0.15) is 11.8 Å². The van der Waals surface area contributed by atoms with Gasteiger partial charge in [-0.05, 0) is 30.6 Å². The number of benzene rings is 1. The maximum Gasteiger partial charge on any atom is 0.250 e. The lowest BCUT2D eigenvalue weighted by Gasteiger charge is -2.39. The van der Waals surface area contributed by atoms with E-state index >= 15 is 0 Å². The van der Waals surface area contributed by atoms with Gasteiger partial charge >= 0.3 is 0 Å². The molecule has 1 aromatic carbocycles. The van der Waals surface area contributed by atoms with Crippen molar-refractivity contribution in [1.29, 1.82) is 0 Å². The fourth-order valence-electron chi connectivity index (χ4n) is 2.92. The lowest BCUT2D eigenvalue weighted by molar-refractivity contribution is -0.150. The van der Waals surface area contributed by atoms with E-state index in [0.717, 1.165) is 24.2 Å². The molecule has 1 aliphatic heterocycles. The summed E-state index contributed by atoms with van der Waals surface area (Å²) < 4.78 is 0. The number of rotatable bonds is 5. The maximum absolute atomic E-state index is 12.8. The van der Waals surface area contributed by atoms with E-state index in [0.29, 0.717) is 12.5 Å². The highest BCUT2D eigenvalue weighted by atomic mass is 32.2. The first-order valence-corrected chi connectivity index (χ1v) is 8.76. The van der Waals surface area contributed by atoms with Gasteiger partial charge in [0.05, 0.1) is 0 Å². The third-order valence-electron chi connectivity index (χ3n) is 4.16. The monoisotopic (exact) mass is 304 g/mol. The van der Waals surface area contributed by atoms with Crippen LogP contribution in [0.3, 0.4) is 0 Å². The van der Waals surface area contributed by atoms with Crippen molar-refractivity contribution in [3.05, 3.63) is 35.9 Å². The normalized spacial score (nSPS) is 25.9. The Morgan fingerprint density at radius 3 is 2.57 bits per heavy atom. The second-order valence-corrected chi connectivity index (χ2v) is 6.64. The summed E-state index contributed by atoms with van der Waals surface area (Å²) in [5, 5.41) is 2.92. The van der Waals surface area contributed by atoms with Gasteiger partial charge in [-0.3, -0.25) is 9.59 Å². The summed E-state index contributed by atoms with van der Waals surface area (Å²) in [5.41, 5.74) is 0.860. The highest BCUT2D eigenvalue weighted by molar-refractivity contribution is 7.98. The number of hydrogen-bond donors (Lipinski definition) is 1. The third-order valence-corrected chi connectivity index (χ3v) is 4.75. The van der Waals surface area contributed by atoms with Gasteiger partial charge in [0.1, 0.15) is 12.1 Å². The van der Waals surface area contributed by atoms with E-state index in [9.17, 15) is 9.59 Å². The van der Waals surface area contributed by atoms with E-state index in [4.69, 9.17) is 0 Å². The van der Waals surface area contributed by atoms with Crippen molar-refractivity contribution in [2.75, 3.05) is 18.6 Å². The zero-order valence-electron chi connectivity index (χ0n) is 12.1. The number of carbonyl (C=O) groups excluding carboxylic acids is 2. The lowest BCUT2D eigenvalue weighted by Crippen LogP contribution is -2.60. The van der Waals surface area contributed by atoms with Crippen LogP contribution in [-0.4, -0.2) is 41.3 Å². The second-order valence-electron chi connectivity index (χ2n) is 5.66. The summed E-state index contributed by atoms with van der Waals surface area (Å²) in [6.45, 7) is 0.651. The molecule has 1 N–H and O–H groups in total. The number of hydrogen-bond acceptors (Lipinski definition) is 3. The molecular formula is C16H20N2O2S. The molecule has 0 bridgehead atoms. The Morgan fingerprint density at radius 1 is 1.24 bits per heavy atom. The van der Waals surface area contributed by atoms with Crippen molar-refractivity contribution >= 4 is 23.6 Å². The molecule has 2 aliphatic rings. The van der Waals surface area contributed by atoms with Gasteiger partial charge in [-0.1, -0.05) is 30.3 Å². The van der Waals surface area contributed by atoms with Gasteiger partial charge in [0.15, 0.2) is 0 Å². The molecule has 0 radical (unpaired) electrons. The summed E-state index contributed by atoms with van der Waals surface area (Å²) >= 11 is 1.70. The van der Waals surface area contributed by atoms with E-state index in [1.165, 1.54) is 0 Å². The smallest absolute Gasteiger partial charge is 0.250 e. The van der Waals surface area contributed by atoms with Crippen LogP contribution in [0.15, 0.2) is 30.3 Å². The SMILES string of the molecule is CSCCN1C(=O)C(c2ccccc2)NC(=O)C1C1CC1. The molecule has 2 atom stereocenters. The minimum atomic E-state index is -0.532. The zero-order valence-corrected chi connectivity index (χ0v) is 12.9. The average molecular weight is 304 g/mol. The topological polar surface area (TPSA) is 49.4 Å². The quantitative estimate of drug-likeness (QED) is 0.903. The van der Waals surface area contributed by atoms with Gasteiger partial charge in [0.2, 0.25) is 5.91 Å². The van der Waals surface area contributed by atoms with Gasteiger partial charge in [0, 0.05) is 12.3 Å². The Labute approximate surface area is 129 Å². The van der Waals surface area contributed by atoms with Gasteiger partial charge in [-0.25, -0.2) is 0 Å². The molecule has 1 aliphatic carbocycles. The second kappa shape index (κ2) is 6.10. The molecule has 2 unspecified atom stereocenters. The molecule has 21 heavy (non-hydrogen) atoms. The summed E-state index contributed by atoms with van der Waals surface area (Å²) in [7, 11) is 0. The Kier molecular flexibility index (Phi) is 4.19. The van der Waals surface area contributed by atoms with Crippen molar-refractivity contribution in [3.63, 3.8) is 0 Å². The number of carbonyl (C=O) groups is 2. The van der Waals surface area contributed by atoms with E-state index < -0.39 is 6.04 Å². The molecule has 0 aromatic heterocycles. The average Bonchev–Trinajstić information content (AvgIpc) is 3.33. The van der Waals surface area contributed by atoms with Crippen LogP contribution in [0.4, 0.5) is 0 Å². The molecule has 1 aromatic rings. The maximum atomic E-state index is 12.8. The molecule has 2 amide bonds. The van der Waals surface area contributed by atoms with Crippen molar-refractivity contribution in [2.45, 2.75) is 24.9 Å². The molecular weight excluding hydrogens is 284 g/mol. The first-order chi connectivity index (χ1) is 10.2. The summed E-state index contributed by atoms with van der Waals surface area (Å²) in [6.07, 6.45) is 4.13. The van der Waals surface area contributed by atoms with Crippen LogP contribution in [0, 0.1) is 5.92 Å². The Bertz CT molecular complexity index is 530. The van der Waals surface area contributed by atoms with Gasteiger partial charge < -0.3 is 10.2 Å². The van der Waals surface area contributed by atoms with Crippen LogP contribution >= 0.6 is 11.8 Å². The highest BCUT2D eigenvalue weighted by Gasteiger charge is 2.47. The molecule has 1 heterocycles.